The molecule has 9 nitrogen and oxygen atoms in total. The third-order valence-electron chi connectivity index (χ3n) is 4.45. The third kappa shape index (κ3) is 5.62. The quantitative estimate of drug-likeness (QED) is 0.517. The van der Waals surface area contributed by atoms with Gasteiger partial charge in [-0.05, 0) is 55.5 Å². The molecule has 1 heterocycles. The van der Waals surface area contributed by atoms with E-state index in [1.54, 1.807) is 42.5 Å². The van der Waals surface area contributed by atoms with Gasteiger partial charge in [0, 0.05) is 11.9 Å². The highest BCUT2D eigenvalue weighted by Crippen LogP contribution is 2.22. The number of carbonyl (C=O) groups is 1. The molecule has 1 unspecified atom stereocenters. The van der Waals surface area contributed by atoms with Crippen molar-refractivity contribution >= 4 is 43.0 Å². The summed E-state index contributed by atoms with van der Waals surface area (Å²) in [5.74, 6) is -0.566. The summed E-state index contributed by atoms with van der Waals surface area (Å²) in [6.45, 7) is 1.47. The van der Waals surface area contributed by atoms with E-state index in [-0.39, 0.29) is 4.90 Å². The number of aromatic nitrogens is 1. The van der Waals surface area contributed by atoms with E-state index >= 15 is 0 Å². The van der Waals surface area contributed by atoms with Gasteiger partial charge in [0.25, 0.3) is 10.0 Å². The number of nitrogens with one attached hydrogen (secondary N) is 2. The molecule has 3 aromatic rings. The number of hydrogen-bond acceptors (Lipinski definition) is 6. The molecule has 168 valence electrons. The van der Waals surface area contributed by atoms with Crippen molar-refractivity contribution in [2.24, 2.45) is 0 Å². The highest BCUT2D eigenvalue weighted by molar-refractivity contribution is 7.92. The molecule has 0 aliphatic carbocycles. The Labute approximate surface area is 187 Å². The summed E-state index contributed by atoms with van der Waals surface area (Å²) >= 11 is 0. The maximum absolute atomic E-state index is 12.7. The van der Waals surface area contributed by atoms with Crippen LogP contribution in [0.3, 0.4) is 0 Å². The number of carbonyl (C=O) groups excluding carboxylic acids is 1. The first-order valence-corrected chi connectivity index (χ1v) is 12.8. The molecule has 0 saturated carbocycles. The fraction of sp³-hybridized carbons (Fsp3) is 0.143. The maximum atomic E-state index is 12.7. The monoisotopic (exact) mass is 474 g/mol. The van der Waals surface area contributed by atoms with Crippen LogP contribution in [-0.2, 0) is 24.8 Å². The van der Waals surface area contributed by atoms with E-state index in [1.165, 1.54) is 43.6 Å². The average molecular weight is 475 g/mol. The van der Waals surface area contributed by atoms with Gasteiger partial charge >= 0.3 is 0 Å². The minimum atomic E-state index is -3.83. The second-order valence-electron chi connectivity index (χ2n) is 6.93. The van der Waals surface area contributed by atoms with Gasteiger partial charge in [0.15, 0.2) is 0 Å². The zero-order valence-electron chi connectivity index (χ0n) is 17.3. The second kappa shape index (κ2) is 9.37. The van der Waals surface area contributed by atoms with E-state index < -0.39 is 32.0 Å². The lowest BCUT2D eigenvalue weighted by atomic mass is 10.2. The maximum Gasteiger partial charge on any atom is 0.261 e. The molecule has 2 N–H and O–H groups in total. The molecular weight excluding hydrogens is 452 g/mol. The van der Waals surface area contributed by atoms with E-state index in [1.807, 2.05) is 0 Å². The fourth-order valence-electron chi connectivity index (χ4n) is 2.99. The Morgan fingerprint density at radius 2 is 1.56 bits per heavy atom. The zero-order chi connectivity index (χ0) is 23.4. The lowest BCUT2D eigenvalue weighted by Gasteiger charge is -2.28. The normalized spacial score (nSPS) is 12.6. The van der Waals surface area contributed by atoms with Crippen LogP contribution in [0.5, 0.6) is 0 Å². The Morgan fingerprint density at radius 1 is 0.906 bits per heavy atom. The van der Waals surface area contributed by atoms with Crippen LogP contribution < -0.4 is 14.3 Å². The molecule has 1 atom stereocenters. The Bertz CT molecular complexity index is 1280. The number of amides is 1. The standard InChI is InChI=1S/C21H22N4O5S2/c1-16(25(31(2,27)28)19-8-4-3-5-9-19)21(26)23-17-10-12-20(13-11-17)32(29,30)24-18-7-6-14-22-15-18/h3-16,24H,1-2H3,(H,23,26). The van der Waals surface area contributed by atoms with Crippen LogP contribution in [0.25, 0.3) is 0 Å². The van der Waals surface area contributed by atoms with E-state index in [9.17, 15) is 21.6 Å². The molecule has 0 fully saturated rings. The van der Waals surface area contributed by atoms with Crippen molar-refractivity contribution in [3.05, 3.63) is 79.1 Å². The Hall–Kier alpha value is -3.44. The van der Waals surface area contributed by atoms with Gasteiger partial charge in [-0.1, -0.05) is 18.2 Å². The van der Waals surface area contributed by atoms with E-state index in [4.69, 9.17) is 0 Å². The van der Waals surface area contributed by atoms with Crippen molar-refractivity contribution in [2.75, 3.05) is 20.6 Å². The number of pyridine rings is 1. The highest BCUT2D eigenvalue weighted by Gasteiger charge is 2.29. The van der Waals surface area contributed by atoms with Crippen LogP contribution in [0.1, 0.15) is 6.92 Å². The lowest BCUT2D eigenvalue weighted by Crippen LogP contribution is -2.45. The molecule has 3 rings (SSSR count). The molecule has 32 heavy (non-hydrogen) atoms. The van der Waals surface area contributed by atoms with Gasteiger partial charge in [-0.25, -0.2) is 16.8 Å². The molecule has 0 radical (unpaired) electrons. The summed E-state index contributed by atoms with van der Waals surface area (Å²) < 4.78 is 53.0. The van der Waals surface area contributed by atoms with E-state index in [2.05, 4.69) is 15.0 Å². The number of nitrogens with zero attached hydrogens (tertiary/aromatic N) is 2. The zero-order valence-corrected chi connectivity index (χ0v) is 19.0. The van der Waals surface area contributed by atoms with Crippen LogP contribution in [0.4, 0.5) is 17.1 Å². The summed E-state index contributed by atoms with van der Waals surface area (Å²) in [5.41, 5.74) is 1.00. The second-order valence-corrected chi connectivity index (χ2v) is 10.5. The number of benzene rings is 2. The van der Waals surface area contributed by atoms with Crippen molar-refractivity contribution in [2.45, 2.75) is 17.9 Å². The summed E-state index contributed by atoms with van der Waals surface area (Å²) in [6.07, 6.45) is 3.94. The van der Waals surface area contributed by atoms with E-state index in [0.717, 1.165) is 10.6 Å². The van der Waals surface area contributed by atoms with Crippen molar-refractivity contribution in [1.29, 1.82) is 0 Å². The molecule has 0 spiro atoms. The van der Waals surface area contributed by atoms with Crippen LogP contribution >= 0.6 is 0 Å². The van der Waals surface area contributed by atoms with Crippen molar-refractivity contribution in [3.63, 3.8) is 0 Å². The lowest BCUT2D eigenvalue weighted by molar-refractivity contribution is -0.116. The Morgan fingerprint density at radius 3 is 2.12 bits per heavy atom. The Kier molecular flexibility index (Phi) is 6.80. The summed E-state index contributed by atoms with van der Waals surface area (Å²) in [4.78, 5) is 16.6. The molecule has 0 aliphatic rings. The molecule has 0 aliphatic heterocycles. The smallest absolute Gasteiger partial charge is 0.261 e. The highest BCUT2D eigenvalue weighted by atomic mass is 32.2. The summed E-state index contributed by atoms with van der Waals surface area (Å²) in [6, 6.07) is 16.0. The van der Waals surface area contributed by atoms with Gasteiger partial charge in [0.1, 0.15) is 6.04 Å². The average Bonchev–Trinajstić information content (AvgIpc) is 2.74. The van der Waals surface area contributed by atoms with Crippen LogP contribution in [0.15, 0.2) is 84.0 Å². The predicted molar refractivity (Wildman–Crippen MR) is 123 cm³/mol. The van der Waals surface area contributed by atoms with E-state index in [0.29, 0.717) is 17.1 Å². The number of anilines is 3. The molecule has 1 aromatic heterocycles. The van der Waals surface area contributed by atoms with Gasteiger partial charge in [0.05, 0.1) is 28.7 Å². The topological polar surface area (TPSA) is 126 Å². The van der Waals surface area contributed by atoms with Crippen LogP contribution in [0, 0.1) is 0 Å². The van der Waals surface area contributed by atoms with Crippen LogP contribution in [-0.4, -0.2) is 40.0 Å². The van der Waals surface area contributed by atoms with Crippen molar-refractivity contribution in [1.82, 2.24) is 4.98 Å². The number of rotatable bonds is 8. The third-order valence-corrected chi connectivity index (χ3v) is 7.08. The summed E-state index contributed by atoms with van der Waals surface area (Å²) in [7, 11) is -7.56. The van der Waals surface area contributed by atoms with Crippen LogP contribution in [0.2, 0.25) is 0 Å². The molecular formula is C21H22N4O5S2. The number of para-hydroxylation sites is 1. The fourth-order valence-corrected chi connectivity index (χ4v) is 5.20. The number of sulfonamides is 2. The first kappa shape index (κ1) is 23.2. The van der Waals surface area contributed by atoms with Gasteiger partial charge in [0.2, 0.25) is 15.9 Å². The van der Waals surface area contributed by atoms with Gasteiger partial charge in [-0.15, -0.1) is 0 Å². The predicted octanol–water partition coefficient (Wildman–Crippen LogP) is 2.68. The molecule has 2 aromatic carbocycles. The molecule has 0 bridgehead atoms. The minimum absolute atomic E-state index is 0.00514. The SMILES string of the molecule is CC(C(=O)Nc1ccc(S(=O)(=O)Nc2cccnc2)cc1)N(c1ccccc1)S(C)(=O)=O. The first-order valence-electron chi connectivity index (χ1n) is 9.46. The largest absolute Gasteiger partial charge is 0.324 e. The van der Waals surface area contributed by atoms with Gasteiger partial charge in [-0.2, -0.15) is 0 Å². The molecule has 1 amide bonds. The van der Waals surface area contributed by atoms with Crippen molar-refractivity contribution in [3.8, 4) is 0 Å². The molecule has 0 saturated heterocycles. The van der Waals surface area contributed by atoms with Gasteiger partial charge in [-0.3, -0.25) is 18.8 Å². The Balaban J connectivity index is 1.75. The number of hydrogen-bond donors (Lipinski definition) is 2. The first-order chi connectivity index (χ1) is 15.1. The minimum Gasteiger partial charge on any atom is -0.324 e. The van der Waals surface area contributed by atoms with Gasteiger partial charge < -0.3 is 5.32 Å². The summed E-state index contributed by atoms with van der Waals surface area (Å²) in [5, 5.41) is 2.62. The van der Waals surface area contributed by atoms with Crippen molar-refractivity contribution < 1.29 is 21.6 Å². The molecule has 11 heteroatoms.